The van der Waals surface area contributed by atoms with Crippen LogP contribution in [0, 0.1) is 0 Å². The topological polar surface area (TPSA) is 21.7 Å². The summed E-state index contributed by atoms with van der Waals surface area (Å²) in [7, 11) is 2.97. The number of hydrogen-bond donors (Lipinski definition) is 0. The van der Waals surface area contributed by atoms with E-state index in [-0.39, 0.29) is 5.16 Å². The number of fused-ring (bicyclic) bond motifs is 1. The summed E-state index contributed by atoms with van der Waals surface area (Å²) in [4.78, 5) is 2.51. The second-order valence-corrected chi connectivity index (χ2v) is 11.9. The third-order valence-electron chi connectivity index (χ3n) is 5.72. The van der Waals surface area contributed by atoms with Crippen LogP contribution < -0.4 is 19.7 Å². The third kappa shape index (κ3) is 3.36. The molecule has 0 aliphatic carbocycles. The zero-order valence-electron chi connectivity index (χ0n) is 18.6. The average molecular weight is 420 g/mol. The fourth-order valence-corrected chi connectivity index (χ4v) is 8.17. The lowest BCUT2D eigenvalue weighted by Gasteiger charge is -2.35. The van der Waals surface area contributed by atoms with E-state index in [0.29, 0.717) is 5.78 Å². The summed E-state index contributed by atoms with van der Waals surface area (Å²) in [5, 5.41) is 1.58. The number of rotatable bonds is 4. The number of ether oxygens (including phenoxy) is 2. The first-order valence-corrected chi connectivity index (χ1v) is 11.8. The number of anilines is 2. The molecule has 0 fully saturated rings. The van der Waals surface area contributed by atoms with Crippen molar-refractivity contribution in [3.05, 3.63) is 66.7 Å². The first kappa shape index (κ1) is 20.8. The van der Waals surface area contributed by atoms with Crippen LogP contribution in [0.25, 0.3) is 11.1 Å². The van der Waals surface area contributed by atoms with Gasteiger partial charge in [0.1, 0.15) is 11.5 Å². The van der Waals surface area contributed by atoms with E-state index in [0.717, 1.165) is 17.1 Å². The first-order valence-electron chi connectivity index (χ1n) is 10.4. The zero-order chi connectivity index (χ0) is 21.5. The molecule has 2 atom stereocenters. The Bertz CT molecular complexity index is 1020. The van der Waals surface area contributed by atoms with Crippen molar-refractivity contribution >= 4 is 24.6 Å². The van der Waals surface area contributed by atoms with E-state index in [1.807, 2.05) is 18.2 Å². The Morgan fingerprint density at radius 1 is 0.800 bits per heavy atom. The van der Waals surface area contributed by atoms with E-state index in [4.69, 9.17) is 9.47 Å². The molecular formula is C26H30NO2P. The van der Waals surface area contributed by atoms with Gasteiger partial charge in [-0.25, -0.2) is 0 Å². The molecule has 0 unspecified atom stereocenters. The minimum absolute atomic E-state index is 0.151. The van der Waals surface area contributed by atoms with E-state index in [9.17, 15) is 0 Å². The van der Waals surface area contributed by atoms with Crippen LogP contribution in [0.15, 0.2) is 66.7 Å². The van der Waals surface area contributed by atoms with E-state index < -0.39 is 7.92 Å². The molecule has 0 amide bonds. The molecule has 0 N–H and O–H groups in total. The molecule has 1 heterocycles. The fourth-order valence-electron chi connectivity index (χ4n) is 4.64. The molecule has 156 valence electrons. The standard InChI is InChI=1S/C26H30NO2P/c1-18-27(19-12-8-7-9-13-19)21-15-10-14-20(25(21)30(18)26(2,3)4)24-22(28-5)16-11-17-23(24)29-6/h7-18H,1-6H3/t18-,30-/m0/s1. The van der Waals surface area contributed by atoms with Crippen molar-refractivity contribution in [3.8, 4) is 22.6 Å². The quantitative estimate of drug-likeness (QED) is 0.435. The van der Waals surface area contributed by atoms with Crippen molar-refractivity contribution in [2.45, 2.75) is 38.6 Å². The molecular weight excluding hydrogens is 389 g/mol. The molecule has 0 saturated carbocycles. The highest BCUT2D eigenvalue weighted by molar-refractivity contribution is 7.69. The summed E-state index contributed by atoms with van der Waals surface area (Å²) < 4.78 is 11.5. The molecule has 1 aliphatic rings. The summed E-state index contributed by atoms with van der Waals surface area (Å²) in [5.41, 5.74) is 4.79. The number of hydrogen-bond acceptors (Lipinski definition) is 3. The maximum absolute atomic E-state index is 5.77. The van der Waals surface area contributed by atoms with Gasteiger partial charge >= 0.3 is 0 Å². The number of methoxy groups -OCH3 is 2. The molecule has 0 aromatic heterocycles. The van der Waals surface area contributed by atoms with Crippen molar-refractivity contribution in [1.29, 1.82) is 0 Å². The van der Waals surface area contributed by atoms with Crippen LogP contribution in [0.2, 0.25) is 0 Å². The Balaban J connectivity index is 2.03. The molecule has 1 aliphatic heterocycles. The molecule has 3 aromatic carbocycles. The van der Waals surface area contributed by atoms with Crippen LogP contribution in [0.1, 0.15) is 27.7 Å². The summed E-state index contributed by atoms with van der Waals surface area (Å²) in [6.07, 6.45) is 0. The summed E-state index contributed by atoms with van der Waals surface area (Å²) >= 11 is 0. The number of nitrogens with zero attached hydrogens (tertiary/aromatic N) is 1. The highest BCUT2D eigenvalue weighted by atomic mass is 31.1. The van der Waals surface area contributed by atoms with E-state index in [1.165, 1.54) is 22.2 Å². The highest BCUT2D eigenvalue weighted by Crippen LogP contribution is 2.63. The van der Waals surface area contributed by atoms with Crippen LogP contribution in [-0.2, 0) is 0 Å². The maximum atomic E-state index is 5.77. The molecule has 0 saturated heterocycles. The van der Waals surface area contributed by atoms with Crippen LogP contribution >= 0.6 is 7.92 Å². The van der Waals surface area contributed by atoms with Gasteiger partial charge in [0.15, 0.2) is 0 Å². The van der Waals surface area contributed by atoms with Crippen molar-refractivity contribution in [2.24, 2.45) is 0 Å². The van der Waals surface area contributed by atoms with Gasteiger partial charge in [-0.1, -0.05) is 57.2 Å². The minimum Gasteiger partial charge on any atom is -0.496 e. The Kier molecular flexibility index (Phi) is 5.51. The van der Waals surface area contributed by atoms with Gasteiger partial charge in [-0.05, 0) is 55.9 Å². The molecule has 4 rings (SSSR count). The maximum Gasteiger partial charge on any atom is 0.130 e. The van der Waals surface area contributed by atoms with Gasteiger partial charge in [0.2, 0.25) is 0 Å². The minimum atomic E-state index is -0.491. The predicted molar refractivity (Wildman–Crippen MR) is 129 cm³/mol. The van der Waals surface area contributed by atoms with Crippen molar-refractivity contribution in [2.75, 3.05) is 19.1 Å². The van der Waals surface area contributed by atoms with Crippen molar-refractivity contribution in [3.63, 3.8) is 0 Å². The van der Waals surface area contributed by atoms with Gasteiger partial charge in [0.05, 0.1) is 31.3 Å². The fraction of sp³-hybridized carbons (Fsp3) is 0.308. The average Bonchev–Trinajstić information content (AvgIpc) is 3.05. The zero-order valence-corrected chi connectivity index (χ0v) is 19.5. The second-order valence-electron chi connectivity index (χ2n) is 8.59. The lowest BCUT2D eigenvalue weighted by atomic mass is 10.0. The molecule has 0 bridgehead atoms. The predicted octanol–water partition coefficient (Wildman–Crippen LogP) is 6.77. The SMILES string of the molecule is COc1cccc(OC)c1-c1cccc2c1[P@@](C(C)(C)C)[C@@H](C)N2c1ccccc1. The summed E-state index contributed by atoms with van der Waals surface area (Å²) in [6.45, 7) is 9.46. The van der Waals surface area contributed by atoms with Crippen LogP contribution in [0.3, 0.4) is 0 Å². The van der Waals surface area contributed by atoms with Gasteiger partial charge in [0, 0.05) is 11.0 Å². The van der Waals surface area contributed by atoms with Crippen molar-refractivity contribution < 1.29 is 9.47 Å². The van der Waals surface area contributed by atoms with Gasteiger partial charge < -0.3 is 14.4 Å². The lowest BCUT2D eigenvalue weighted by Crippen LogP contribution is -2.27. The second kappa shape index (κ2) is 7.96. The summed E-state index contributed by atoms with van der Waals surface area (Å²) in [6, 6.07) is 23.4. The van der Waals surface area contributed by atoms with Crippen LogP contribution in [-0.4, -0.2) is 25.2 Å². The van der Waals surface area contributed by atoms with Crippen LogP contribution in [0.5, 0.6) is 11.5 Å². The lowest BCUT2D eigenvalue weighted by molar-refractivity contribution is 0.397. The van der Waals surface area contributed by atoms with Gasteiger partial charge in [-0.2, -0.15) is 0 Å². The van der Waals surface area contributed by atoms with Crippen LogP contribution in [0.4, 0.5) is 11.4 Å². The molecule has 30 heavy (non-hydrogen) atoms. The monoisotopic (exact) mass is 419 g/mol. The smallest absolute Gasteiger partial charge is 0.130 e. The molecule has 0 spiro atoms. The van der Waals surface area contributed by atoms with E-state index in [2.05, 4.69) is 81.1 Å². The molecule has 4 heteroatoms. The Labute approximate surface area is 181 Å². The van der Waals surface area contributed by atoms with E-state index >= 15 is 0 Å². The normalized spacial score (nSPS) is 18.3. The molecule has 3 nitrogen and oxygen atoms in total. The molecule has 0 radical (unpaired) electrons. The van der Waals surface area contributed by atoms with E-state index in [1.54, 1.807) is 14.2 Å². The third-order valence-corrected chi connectivity index (χ3v) is 9.09. The van der Waals surface area contributed by atoms with Gasteiger partial charge in [-0.15, -0.1) is 0 Å². The first-order chi connectivity index (χ1) is 14.4. The Morgan fingerprint density at radius 2 is 1.40 bits per heavy atom. The van der Waals surface area contributed by atoms with Gasteiger partial charge in [-0.3, -0.25) is 0 Å². The van der Waals surface area contributed by atoms with Crippen molar-refractivity contribution in [1.82, 2.24) is 0 Å². The Morgan fingerprint density at radius 3 is 1.97 bits per heavy atom. The van der Waals surface area contributed by atoms with Gasteiger partial charge in [0.25, 0.3) is 0 Å². The Hall–Kier alpha value is -2.51. The molecule has 3 aromatic rings. The number of para-hydroxylation sites is 1. The summed E-state index contributed by atoms with van der Waals surface area (Å²) in [5.74, 6) is 2.08. The highest BCUT2D eigenvalue weighted by Gasteiger charge is 2.44. The number of benzene rings is 3. The largest absolute Gasteiger partial charge is 0.496 e.